The van der Waals surface area contributed by atoms with Gasteiger partial charge in [0.2, 0.25) is 5.13 Å². The van der Waals surface area contributed by atoms with Gasteiger partial charge in [0.25, 0.3) is 5.91 Å². The first-order valence-electron chi connectivity index (χ1n) is 4.64. The van der Waals surface area contributed by atoms with Gasteiger partial charge in [-0.2, -0.15) is 0 Å². The minimum atomic E-state index is -0.213. The van der Waals surface area contributed by atoms with Crippen molar-refractivity contribution in [3.63, 3.8) is 0 Å². The lowest BCUT2D eigenvalue weighted by Gasteiger charge is -2.04. The van der Waals surface area contributed by atoms with Gasteiger partial charge in [0.15, 0.2) is 0 Å². The van der Waals surface area contributed by atoms with Gasteiger partial charge in [-0.1, -0.05) is 0 Å². The minimum Gasteiger partial charge on any atom is -0.273 e. The third-order valence-corrected chi connectivity index (χ3v) is 2.72. The summed E-state index contributed by atoms with van der Waals surface area (Å²) in [5, 5.41) is 2.57. The van der Waals surface area contributed by atoms with E-state index in [0.29, 0.717) is 10.7 Å². The third kappa shape index (κ3) is 2.54. The van der Waals surface area contributed by atoms with Crippen molar-refractivity contribution in [2.24, 2.45) is 0 Å². The summed E-state index contributed by atoms with van der Waals surface area (Å²) in [7, 11) is 0. The molecule has 0 atom stereocenters. The average Bonchev–Trinajstić information content (AvgIpc) is 2.73. The number of hydrogen-bond donors (Lipinski definition) is 2. The molecule has 0 fully saturated rings. The summed E-state index contributed by atoms with van der Waals surface area (Å²) in [6.45, 7) is 1.90. The summed E-state index contributed by atoms with van der Waals surface area (Å²) < 4.78 is 0. The Morgan fingerprint density at radius 3 is 2.75 bits per heavy atom. The number of hydrazine groups is 1. The Hall–Kier alpha value is -1.95. The zero-order valence-corrected chi connectivity index (χ0v) is 9.41. The second-order valence-electron chi connectivity index (χ2n) is 3.11. The zero-order valence-electron chi connectivity index (χ0n) is 8.60. The van der Waals surface area contributed by atoms with Crippen molar-refractivity contribution in [3.8, 4) is 0 Å². The summed E-state index contributed by atoms with van der Waals surface area (Å²) in [5.41, 5.74) is 6.78. The lowest BCUT2D eigenvalue weighted by Crippen LogP contribution is -2.29. The fourth-order valence-corrected chi connectivity index (χ4v) is 1.74. The van der Waals surface area contributed by atoms with Crippen LogP contribution < -0.4 is 10.9 Å². The van der Waals surface area contributed by atoms with Crippen LogP contribution in [-0.4, -0.2) is 15.9 Å². The van der Waals surface area contributed by atoms with Gasteiger partial charge in [0.05, 0.1) is 5.69 Å². The molecule has 0 saturated carbocycles. The summed E-state index contributed by atoms with van der Waals surface area (Å²) in [5.74, 6) is -0.213. The number of carbonyl (C=O) groups is 1. The fraction of sp³-hybridized carbons (Fsp3) is 0.100. The van der Waals surface area contributed by atoms with Crippen LogP contribution in [0.25, 0.3) is 0 Å². The maximum absolute atomic E-state index is 11.6. The number of amides is 1. The van der Waals surface area contributed by atoms with Crippen molar-refractivity contribution < 1.29 is 4.79 Å². The van der Waals surface area contributed by atoms with Crippen LogP contribution >= 0.6 is 11.3 Å². The second-order valence-corrected chi connectivity index (χ2v) is 3.97. The molecule has 82 valence electrons. The second kappa shape index (κ2) is 4.71. The fourth-order valence-electron chi connectivity index (χ4n) is 1.10. The van der Waals surface area contributed by atoms with E-state index in [9.17, 15) is 4.79 Å². The molecular formula is C10H10N4OS. The lowest BCUT2D eigenvalue weighted by atomic mass is 10.3. The van der Waals surface area contributed by atoms with Crippen LogP contribution in [-0.2, 0) is 0 Å². The van der Waals surface area contributed by atoms with Gasteiger partial charge in [0, 0.05) is 23.3 Å². The highest BCUT2D eigenvalue weighted by molar-refractivity contribution is 7.13. The Morgan fingerprint density at radius 1 is 1.38 bits per heavy atom. The number of aryl methyl sites for hydroxylation is 1. The van der Waals surface area contributed by atoms with Crippen molar-refractivity contribution in [2.75, 3.05) is 5.43 Å². The summed E-state index contributed by atoms with van der Waals surface area (Å²) in [4.78, 5) is 19.6. The van der Waals surface area contributed by atoms with Crippen LogP contribution in [0.1, 0.15) is 16.1 Å². The van der Waals surface area contributed by atoms with Gasteiger partial charge in [-0.05, 0) is 19.1 Å². The number of anilines is 1. The standard InChI is InChI=1S/C10H10N4OS/c1-7-6-16-10(12-7)14-13-9(15)8-2-4-11-5-3-8/h2-6H,1H3,(H,12,14)(H,13,15). The van der Waals surface area contributed by atoms with Gasteiger partial charge in [-0.15, -0.1) is 11.3 Å². The van der Waals surface area contributed by atoms with Crippen LogP contribution in [0.2, 0.25) is 0 Å². The van der Waals surface area contributed by atoms with Gasteiger partial charge >= 0.3 is 0 Å². The lowest BCUT2D eigenvalue weighted by molar-refractivity contribution is 0.0962. The molecule has 5 nitrogen and oxygen atoms in total. The predicted molar refractivity (Wildman–Crippen MR) is 62.2 cm³/mol. The largest absolute Gasteiger partial charge is 0.273 e. The highest BCUT2D eigenvalue weighted by Gasteiger charge is 2.04. The molecular weight excluding hydrogens is 224 g/mol. The number of nitrogens with one attached hydrogen (secondary N) is 2. The Balaban J connectivity index is 1.94. The average molecular weight is 234 g/mol. The molecule has 0 aliphatic heterocycles. The van der Waals surface area contributed by atoms with E-state index in [1.54, 1.807) is 24.5 Å². The number of pyridine rings is 1. The Kier molecular flexibility index (Phi) is 3.11. The van der Waals surface area contributed by atoms with Gasteiger partial charge in [-0.25, -0.2) is 4.98 Å². The maximum atomic E-state index is 11.6. The number of hydrogen-bond acceptors (Lipinski definition) is 5. The normalized spacial score (nSPS) is 9.81. The molecule has 6 heteroatoms. The van der Waals surface area contributed by atoms with E-state index in [1.807, 2.05) is 12.3 Å². The zero-order chi connectivity index (χ0) is 11.4. The van der Waals surface area contributed by atoms with E-state index < -0.39 is 0 Å². The van der Waals surface area contributed by atoms with Crippen molar-refractivity contribution in [1.29, 1.82) is 0 Å². The monoisotopic (exact) mass is 234 g/mol. The van der Waals surface area contributed by atoms with Crippen LogP contribution in [0, 0.1) is 6.92 Å². The molecule has 0 bridgehead atoms. The van der Waals surface area contributed by atoms with Crippen LogP contribution in [0.3, 0.4) is 0 Å². The first-order chi connectivity index (χ1) is 7.75. The smallest absolute Gasteiger partial charge is 0.269 e. The molecule has 2 rings (SSSR count). The number of thiazole rings is 1. The molecule has 0 saturated heterocycles. The van der Waals surface area contributed by atoms with Crippen molar-refractivity contribution >= 4 is 22.4 Å². The molecule has 0 spiro atoms. The summed E-state index contributed by atoms with van der Waals surface area (Å²) in [6, 6.07) is 3.29. The Morgan fingerprint density at radius 2 is 2.12 bits per heavy atom. The molecule has 2 N–H and O–H groups in total. The van der Waals surface area contributed by atoms with Crippen LogP contribution in [0.15, 0.2) is 29.9 Å². The quantitative estimate of drug-likeness (QED) is 0.792. The molecule has 0 unspecified atom stereocenters. The molecule has 0 aliphatic carbocycles. The number of carbonyl (C=O) groups excluding carboxylic acids is 1. The van der Waals surface area contributed by atoms with Crippen molar-refractivity contribution in [1.82, 2.24) is 15.4 Å². The van der Waals surface area contributed by atoms with Crippen LogP contribution in [0.4, 0.5) is 5.13 Å². The van der Waals surface area contributed by atoms with Crippen LogP contribution in [0.5, 0.6) is 0 Å². The first kappa shape index (κ1) is 10.6. The molecule has 1 amide bonds. The third-order valence-electron chi connectivity index (χ3n) is 1.84. The van der Waals surface area contributed by atoms with E-state index in [1.165, 1.54) is 11.3 Å². The molecule has 0 radical (unpaired) electrons. The molecule has 0 aromatic carbocycles. The maximum Gasteiger partial charge on any atom is 0.269 e. The van der Waals surface area contributed by atoms with Gasteiger partial charge < -0.3 is 0 Å². The van der Waals surface area contributed by atoms with E-state index in [-0.39, 0.29) is 5.91 Å². The minimum absolute atomic E-state index is 0.213. The Labute approximate surface area is 96.5 Å². The predicted octanol–water partition coefficient (Wildman–Crippen LogP) is 1.60. The molecule has 2 aromatic heterocycles. The first-order valence-corrected chi connectivity index (χ1v) is 5.52. The van der Waals surface area contributed by atoms with Crippen molar-refractivity contribution in [2.45, 2.75) is 6.92 Å². The van der Waals surface area contributed by atoms with E-state index in [4.69, 9.17) is 0 Å². The highest BCUT2D eigenvalue weighted by Crippen LogP contribution is 2.12. The summed E-state index contributed by atoms with van der Waals surface area (Å²) >= 11 is 1.44. The number of nitrogens with zero attached hydrogens (tertiary/aromatic N) is 2. The molecule has 2 aromatic rings. The van der Waals surface area contributed by atoms with E-state index in [0.717, 1.165) is 5.69 Å². The van der Waals surface area contributed by atoms with E-state index >= 15 is 0 Å². The topological polar surface area (TPSA) is 66.9 Å². The molecule has 0 aliphatic rings. The van der Waals surface area contributed by atoms with E-state index in [2.05, 4.69) is 20.8 Å². The van der Waals surface area contributed by atoms with Crippen molar-refractivity contribution in [3.05, 3.63) is 41.2 Å². The molecule has 16 heavy (non-hydrogen) atoms. The Bertz CT molecular complexity index is 483. The number of aromatic nitrogens is 2. The number of rotatable bonds is 3. The van der Waals surface area contributed by atoms with Gasteiger partial charge in [-0.3, -0.25) is 20.6 Å². The van der Waals surface area contributed by atoms with Gasteiger partial charge in [0.1, 0.15) is 0 Å². The SMILES string of the molecule is Cc1csc(NNC(=O)c2ccncc2)n1. The summed E-state index contributed by atoms with van der Waals surface area (Å²) in [6.07, 6.45) is 3.14. The molecule has 2 heterocycles. The highest BCUT2D eigenvalue weighted by atomic mass is 32.1.